The van der Waals surface area contributed by atoms with Gasteiger partial charge in [-0.3, -0.25) is 14.3 Å². The van der Waals surface area contributed by atoms with E-state index in [0.717, 1.165) is 27.5 Å². The van der Waals surface area contributed by atoms with Crippen LogP contribution < -0.4 is 10.2 Å². The zero-order valence-corrected chi connectivity index (χ0v) is 30.1. The molecule has 0 radical (unpaired) electrons. The van der Waals surface area contributed by atoms with E-state index in [0.29, 0.717) is 31.9 Å². The number of carbonyl (C=O) groups is 3. The number of β-amino-alcohol motifs (C(OH)–C–C–N with tert-alkyl or cyclic N) is 1. The highest BCUT2D eigenvalue weighted by atomic mass is 32.1. The standard InChI is InChI=1S/C35H49N7O5S/c1-21(2)30(27-18-29(39(8)38-27)40-13-15-41(16-14-40)34(46)47-35(5,6)7)33(45)42-19-26(43)17-28(42)32(44)37-22(3)24-9-11-25(12-10-24)31-23(4)36-20-48-31/h9-12,18,20-22,26,28,30,43H,13-17,19H2,1-8H3,(H,37,44)/t22-,26+,28-,30+/m0/s1. The van der Waals surface area contributed by atoms with E-state index in [4.69, 9.17) is 9.84 Å². The maximum Gasteiger partial charge on any atom is 0.410 e. The van der Waals surface area contributed by atoms with Crippen molar-refractivity contribution in [2.24, 2.45) is 13.0 Å². The van der Waals surface area contributed by atoms with Crippen LogP contribution in [0.3, 0.4) is 0 Å². The summed E-state index contributed by atoms with van der Waals surface area (Å²) >= 11 is 1.59. The quantitative estimate of drug-likeness (QED) is 0.356. The third kappa shape index (κ3) is 7.84. The number of ether oxygens (including phenoxy) is 1. The van der Waals surface area contributed by atoms with Gasteiger partial charge in [0.05, 0.1) is 39.8 Å². The number of amides is 3. The van der Waals surface area contributed by atoms with Crippen molar-refractivity contribution in [2.75, 3.05) is 37.6 Å². The lowest BCUT2D eigenvalue weighted by Gasteiger charge is -2.36. The second-order valence-electron chi connectivity index (χ2n) is 14.2. The molecular weight excluding hydrogens is 630 g/mol. The number of aryl methyl sites for hydroxylation is 2. The van der Waals surface area contributed by atoms with Gasteiger partial charge in [-0.2, -0.15) is 5.10 Å². The van der Waals surface area contributed by atoms with Crippen LogP contribution in [0.2, 0.25) is 0 Å². The Kier molecular flexibility index (Phi) is 10.5. The maximum absolute atomic E-state index is 14.2. The Hall–Kier alpha value is -3.97. The van der Waals surface area contributed by atoms with Crippen LogP contribution in [0.4, 0.5) is 10.6 Å². The Morgan fingerprint density at radius 1 is 1.06 bits per heavy atom. The summed E-state index contributed by atoms with van der Waals surface area (Å²) in [4.78, 5) is 51.3. The molecule has 0 aliphatic carbocycles. The first kappa shape index (κ1) is 35.3. The zero-order valence-electron chi connectivity index (χ0n) is 29.3. The third-order valence-corrected chi connectivity index (χ3v) is 10.0. The van der Waals surface area contributed by atoms with Crippen LogP contribution in [-0.4, -0.2) is 98.0 Å². The Bertz CT molecular complexity index is 1600. The van der Waals surface area contributed by atoms with E-state index in [1.165, 1.54) is 4.90 Å². The molecule has 1 aromatic carbocycles. The monoisotopic (exact) mass is 679 g/mol. The molecule has 2 N–H and O–H groups in total. The molecule has 2 aliphatic heterocycles. The minimum atomic E-state index is -0.796. The number of likely N-dealkylation sites (tertiary alicyclic amines) is 1. The summed E-state index contributed by atoms with van der Waals surface area (Å²) in [6, 6.07) is 8.91. The van der Waals surface area contributed by atoms with Crippen LogP contribution >= 0.6 is 11.3 Å². The molecule has 13 heteroatoms. The molecule has 2 fully saturated rings. The van der Waals surface area contributed by atoms with E-state index in [1.54, 1.807) is 20.9 Å². The molecule has 0 spiro atoms. The number of nitrogens with one attached hydrogen (secondary N) is 1. The van der Waals surface area contributed by atoms with Crippen LogP contribution in [0.5, 0.6) is 0 Å². The average Bonchev–Trinajstić information content (AvgIpc) is 3.74. The average molecular weight is 680 g/mol. The van der Waals surface area contributed by atoms with Gasteiger partial charge in [-0.25, -0.2) is 9.78 Å². The largest absolute Gasteiger partial charge is 0.444 e. The number of piperazine rings is 1. The number of aliphatic hydroxyl groups is 1. The van der Waals surface area contributed by atoms with Crippen molar-refractivity contribution >= 4 is 35.1 Å². The van der Waals surface area contributed by atoms with Gasteiger partial charge < -0.3 is 29.9 Å². The van der Waals surface area contributed by atoms with Crippen LogP contribution in [0.15, 0.2) is 35.8 Å². The normalized spacial score (nSPS) is 19.8. The van der Waals surface area contributed by atoms with E-state index < -0.39 is 23.7 Å². The summed E-state index contributed by atoms with van der Waals surface area (Å²) in [7, 11) is 1.85. The Labute approximate surface area is 287 Å². The highest BCUT2D eigenvalue weighted by Crippen LogP contribution is 2.33. The lowest BCUT2D eigenvalue weighted by atomic mass is 9.90. The van der Waals surface area contributed by atoms with Crippen LogP contribution in [-0.2, 0) is 21.4 Å². The number of aromatic nitrogens is 3. The van der Waals surface area contributed by atoms with E-state index >= 15 is 0 Å². The van der Waals surface area contributed by atoms with Crippen molar-refractivity contribution in [3.8, 4) is 10.4 Å². The SMILES string of the molecule is Cc1ncsc1-c1ccc([C@H](C)NC(=O)[C@@H]2C[C@@H](O)CN2C(=O)[C@@H](c2cc(N3CCN(C(=O)OC(C)(C)C)CC3)n(C)n2)C(C)C)cc1. The summed E-state index contributed by atoms with van der Waals surface area (Å²) in [6.45, 7) is 15.7. The second kappa shape index (κ2) is 14.3. The molecule has 3 aromatic rings. The van der Waals surface area contributed by atoms with Crippen molar-refractivity contribution in [3.63, 3.8) is 0 Å². The van der Waals surface area contributed by atoms with Gasteiger partial charge in [0.2, 0.25) is 11.8 Å². The second-order valence-corrected chi connectivity index (χ2v) is 15.1. The van der Waals surface area contributed by atoms with E-state index in [2.05, 4.69) is 15.2 Å². The molecule has 4 heterocycles. The minimum absolute atomic E-state index is 0.0870. The van der Waals surface area contributed by atoms with Crippen molar-refractivity contribution < 1.29 is 24.2 Å². The van der Waals surface area contributed by atoms with Gasteiger partial charge >= 0.3 is 6.09 Å². The predicted molar refractivity (Wildman–Crippen MR) is 186 cm³/mol. The van der Waals surface area contributed by atoms with Gasteiger partial charge in [0.1, 0.15) is 17.5 Å². The molecule has 0 bridgehead atoms. The first-order chi connectivity index (χ1) is 22.6. The molecule has 0 saturated carbocycles. The lowest BCUT2D eigenvalue weighted by Crippen LogP contribution is -2.50. The lowest BCUT2D eigenvalue weighted by molar-refractivity contribution is -0.140. The van der Waals surface area contributed by atoms with Gasteiger partial charge in [-0.05, 0) is 51.7 Å². The predicted octanol–water partition coefficient (Wildman–Crippen LogP) is 4.49. The number of hydrogen-bond donors (Lipinski definition) is 2. The van der Waals surface area contributed by atoms with Gasteiger partial charge in [0.15, 0.2) is 0 Å². The highest BCUT2D eigenvalue weighted by molar-refractivity contribution is 7.13. The molecular formula is C35H49N7O5S. The molecule has 3 amide bonds. The molecule has 5 rings (SSSR count). The summed E-state index contributed by atoms with van der Waals surface area (Å²) in [5.41, 5.74) is 4.90. The summed E-state index contributed by atoms with van der Waals surface area (Å²) in [6.07, 6.45) is -0.942. The maximum atomic E-state index is 14.2. The molecule has 260 valence electrons. The number of thiazole rings is 1. The minimum Gasteiger partial charge on any atom is -0.444 e. The van der Waals surface area contributed by atoms with E-state index in [9.17, 15) is 19.5 Å². The third-order valence-electron chi connectivity index (χ3n) is 9.02. The van der Waals surface area contributed by atoms with Crippen molar-refractivity contribution in [3.05, 3.63) is 52.8 Å². The molecule has 2 aromatic heterocycles. The number of benzene rings is 1. The van der Waals surface area contributed by atoms with Gasteiger partial charge in [-0.15, -0.1) is 11.3 Å². The molecule has 2 aliphatic rings. The van der Waals surface area contributed by atoms with Crippen LogP contribution in [0.1, 0.15) is 76.9 Å². The van der Waals surface area contributed by atoms with Crippen molar-refractivity contribution in [1.82, 2.24) is 29.9 Å². The Morgan fingerprint density at radius 3 is 2.31 bits per heavy atom. The Morgan fingerprint density at radius 2 is 1.73 bits per heavy atom. The molecule has 0 unspecified atom stereocenters. The van der Waals surface area contributed by atoms with Gasteiger partial charge in [0.25, 0.3) is 0 Å². The number of nitrogens with zero attached hydrogens (tertiary/aromatic N) is 6. The summed E-state index contributed by atoms with van der Waals surface area (Å²) in [5, 5.41) is 18.5. The highest BCUT2D eigenvalue weighted by Gasteiger charge is 2.43. The molecule has 12 nitrogen and oxygen atoms in total. The fraction of sp³-hybridized carbons (Fsp3) is 0.571. The van der Waals surface area contributed by atoms with Crippen molar-refractivity contribution in [1.29, 1.82) is 0 Å². The first-order valence-electron chi connectivity index (χ1n) is 16.7. The molecule has 4 atom stereocenters. The number of anilines is 1. The van der Waals surface area contributed by atoms with Crippen LogP contribution in [0, 0.1) is 12.8 Å². The zero-order chi connectivity index (χ0) is 34.9. The van der Waals surface area contributed by atoms with E-state index in [1.807, 2.05) is 91.4 Å². The van der Waals surface area contributed by atoms with E-state index in [-0.39, 0.29) is 42.8 Å². The Balaban J connectivity index is 1.26. The summed E-state index contributed by atoms with van der Waals surface area (Å²) < 4.78 is 7.31. The fourth-order valence-electron chi connectivity index (χ4n) is 6.50. The smallest absolute Gasteiger partial charge is 0.410 e. The topological polar surface area (TPSA) is 133 Å². The summed E-state index contributed by atoms with van der Waals surface area (Å²) in [5.74, 6) is -0.368. The van der Waals surface area contributed by atoms with Crippen LogP contribution in [0.25, 0.3) is 10.4 Å². The fourth-order valence-corrected chi connectivity index (χ4v) is 7.32. The van der Waals surface area contributed by atoms with Crippen molar-refractivity contribution in [2.45, 2.75) is 84.6 Å². The number of aliphatic hydroxyl groups excluding tert-OH is 1. The molecule has 48 heavy (non-hydrogen) atoms. The molecule has 2 saturated heterocycles. The first-order valence-corrected chi connectivity index (χ1v) is 17.6. The number of carbonyl (C=O) groups excluding carboxylic acids is 3. The number of rotatable bonds is 8. The number of hydrogen-bond acceptors (Lipinski definition) is 9. The van der Waals surface area contributed by atoms with Gasteiger partial charge in [-0.1, -0.05) is 38.1 Å². The van der Waals surface area contributed by atoms with Gasteiger partial charge in [0, 0.05) is 52.3 Å².